The molecule has 6 heteroatoms. The molecule has 18 heavy (non-hydrogen) atoms. The van der Waals surface area contributed by atoms with Crippen LogP contribution in [0, 0.1) is 0 Å². The van der Waals surface area contributed by atoms with E-state index in [0.29, 0.717) is 11.4 Å². The molecule has 0 aliphatic heterocycles. The molecular weight excluding hydrogens is 336 g/mol. The van der Waals surface area contributed by atoms with Crippen LogP contribution in [-0.2, 0) is 19.9 Å². The summed E-state index contributed by atoms with van der Waals surface area (Å²) in [4.78, 5) is 0. The Morgan fingerprint density at radius 1 is 1.61 bits per heavy atom. The van der Waals surface area contributed by atoms with Crippen molar-refractivity contribution in [3.8, 4) is 0 Å². The molecule has 0 spiro atoms. The van der Waals surface area contributed by atoms with E-state index in [1.807, 2.05) is 25.4 Å². The molecule has 2 aromatic rings. The van der Waals surface area contributed by atoms with Crippen molar-refractivity contribution in [2.45, 2.75) is 25.9 Å². The van der Waals surface area contributed by atoms with E-state index >= 15 is 0 Å². The van der Waals surface area contributed by atoms with Crippen molar-refractivity contribution in [2.75, 3.05) is 0 Å². The van der Waals surface area contributed by atoms with Crippen LogP contribution in [0.3, 0.4) is 0 Å². The maximum absolute atomic E-state index is 10.2. The molecule has 0 saturated heterocycles. The molecule has 0 fully saturated rings. The van der Waals surface area contributed by atoms with Gasteiger partial charge >= 0.3 is 0 Å². The molecular formula is C12H14BrClN2OS. The van der Waals surface area contributed by atoms with Crippen LogP contribution >= 0.6 is 38.9 Å². The molecule has 0 aromatic carbocycles. The number of hydrogen-bond acceptors (Lipinski definition) is 3. The van der Waals surface area contributed by atoms with Crippen LogP contribution in [0.15, 0.2) is 15.2 Å². The molecule has 3 nitrogen and oxygen atoms in total. The van der Waals surface area contributed by atoms with Gasteiger partial charge in [0.1, 0.15) is 0 Å². The summed E-state index contributed by atoms with van der Waals surface area (Å²) in [7, 11) is 1.86. The van der Waals surface area contributed by atoms with Gasteiger partial charge in [-0.1, -0.05) is 18.5 Å². The summed E-state index contributed by atoms with van der Waals surface area (Å²) in [5.74, 6) is 0. The maximum atomic E-state index is 10.2. The standard InChI is InChI=1S/C12H14BrClN2OS/c1-3-8-12(14)9(16(2)15-8)5-10(17)7-4-11(13)18-6-7/h4,6,10,17H,3,5H2,1-2H3. The summed E-state index contributed by atoms with van der Waals surface area (Å²) in [6.07, 6.45) is 0.725. The summed E-state index contributed by atoms with van der Waals surface area (Å²) in [6.45, 7) is 2.02. The Kier molecular flexibility index (Phi) is 4.48. The van der Waals surface area contributed by atoms with E-state index in [9.17, 15) is 5.11 Å². The van der Waals surface area contributed by atoms with E-state index in [0.717, 1.165) is 27.2 Å². The highest BCUT2D eigenvalue weighted by molar-refractivity contribution is 9.11. The topological polar surface area (TPSA) is 38.0 Å². The van der Waals surface area contributed by atoms with E-state index in [1.54, 1.807) is 16.0 Å². The fraction of sp³-hybridized carbons (Fsp3) is 0.417. The Labute approximate surface area is 124 Å². The third kappa shape index (κ3) is 2.79. The second kappa shape index (κ2) is 5.74. The van der Waals surface area contributed by atoms with Crippen molar-refractivity contribution in [2.24, 2.45) is 7.05 Å². The Morgan fingerprint density at radius 2 is 2.33 bits per heavy atom. The normalized spacial score (nSPS) is 12.9. The monoisotopic (exact) mass is 348 g/mol. The summed E-state index contributed by atoms with van der Waals surface area (Å²) in [5, 5.41) is 17.2. The van der Waals surface area contributed by atoms with Gasteiger partial charge in [0, 0.05) is 13.5 Å². The highest BCUT2D eigenvalue weighted by Gasteiger charge is 2.18. The van der Waals surface area contributed by atoms with Gasteiger partial charge in [0.2, 0.25) is 0 Å². The number of nitrogens with zero attached hydrogens (tertiary/aromatic N) is 2. The van der Waals surface area contributed by atoms with Crippen molar-refractivity contribution < 1.29 is 5.11 Å². The van der Waals surface area contributed by atoms with Crippen molar-refractivity contribution in [1.82, 2.24) is 9.78 Å². The zero-order chi connectivity index (χ0) is 13.3. The minimum absolute atomic E-state index is 0.478. The Hall–Kier alpha value is -0.360. The van der Waals surface area contributed by atoms with Crippen LogP contribution in [0.4, 0.5) is 0 Å². The van der Waals surface area contributed by atoms with E-state index in [2.05, 4.69) is 21.0 Å². The Balaban J connectivity index is 2.21. The number of rotatable bonds is 4. The molecule has 0 saturated carbocycles. The Bertz CT molecular complexity index is 552. The molecule has 0 bridgehead atoms. The summed E-state index contributed by atoms with van der Waals surface area (Å²) in [6, 6.07) is 1.93. The first kappa shape index (κ1) is 14.1. The zero-order valence-corrected chi connectivity index (χ0v) is 13.3. The SMILES string of the molecule is CCc1nn(C)c(CC(O)c2csc(Br)c2)c1Cl. The Morgan fingerprint density at radius 3 is 2.83 bits per heavy atom. The van der Waals surface area contributed by atoms with Crippen molar-refractivity contribution >= 4 is 38.9 Å². The van der Waals surface area contributed by atoms with Gasteiger partial charge in [-0.15, -0.1) is 11.3 Å². The molecule has 2 heterocycles. The van der Waals surface area contributed by atoms with Gasteiger partial charge < -0.3 is 5.11 Å². The summed E-state index contributed by atoms with van der Waals surface area (Å²) in [5.41, 5.74) is 2.67. The zero-order valence-electron chi connectivity index (χ0n) is 10.2. The smallest absolute Gasteiger partial charge is 0.0854 e. The predicted octanol–water partition coefficient (Wildman–Crippen LogP) is 3.74. The van der Waals surface area contributed by atoms with Crippen LogP contribution in [0.25, 0.3) is 0 Å². The molecule has 0 aliphatic rings. The van der Waals surface area contributed by atoms with Crippen LogP contribution in [0.1, 0.15) is 30.0 Å². The predicted molar refractivity (Wildman–Crippen MR) is 78.3 cm³/mol. The molecule has 0 aliphatic carbocycles. The molecule has 1 N–H and O–H groups in total. The lowest BCUT2D eigenvalue weighted by molar-refractivity contribution is 0.176. The highest BCUT2D eigenvalue weighted by atomic mass is 79.9. The third-order valence-electron chi connectivity index (χ3n) is 2.86. The highest BCUT2D eigenvalue weighted by Crippen LogP contribution is 2.30. The third-order valence-corrected chi connectivity index (χ3v) is 4.82. The van der Waals surface area contributed by atoms with E-state index in [1.165, 1.54) is 0 Å². The molecule has 2 aromatic heterocycles. The molecule has 0 amide bonds. The first-order valence-electron chi connectivity index (χ1n) is 5.65. The number of aliphatic hydroxyl groups excluding tert-OH is 1. The fourth-order valence-corrected chi connectivity index (χ4v) is 3.43. The lowest BCUT2D eigenvalue weighted by Gasteiger charge is -2.09. The van der Waals surface area contributed by atoms with E-state index in [4.69, 9.17) is 11.6 Å². The number of halogens is 2. The summed E-state index contributed by atoms with van der Waals surface area (Å²) < 4.78 is 2.77. The van der Waals surface area contributed by atoms with Crippen LogP contribution in [0.5, 0.6) is 0 Å². The number of aromatic nitrogens is 2. The van der Waals surface area contributed by atoms with Crippen molar-refractivity contribution in [3.05, 3.63) is 37.2 Å². The van der Waals surface area contributed by atoms with Crippen molar-refractivity contribution in [1.29, 1.82) is 0 Å². The molecule has 0 radical (unpaired) electrons. The van der Waals surface area contributed by atoms with Crippen LogP contribution in [-0.4, -0.2) is 14.9 Å². The minimum atomic E-state index is -0.551. The van der Waals surface area contributed by atoms with Crippen LogP contribution < -0.4 is 0 Å². The van der Waals surface area contributed by atoms with Gasteiger partial charge in [0.15, 0.2) is 0 Å². The van der Waals surface area contributed by atoms with Gasteiger partial charge in [-0.05, 0) is 39.4 Å². The number of thiophene rings is 1. The van der Waals surface area contributed by atoms with Gasteiger partial charge in [0.05, 0.1) is 26.3 Å². The molecule has 1 unspecified atom stereocenters. The first-order valence-corrected chi connectivity index (χ1v) is 7.70. The van der Waals surface area contributed by atoms with E-state index in [-0.39, 0.29) is 0 Å². The second-order valence-electron chi connectivity index (χ2n) is 4.09. The first-order chi connectivity index (χ1) is 8.52. The van der Waals surface area contributed by atoms with Gasteiger partial charge in [-0.25, -0.2) is 0 Å². The number of aliphatic hydroxyl groups is 1. The quantitative estimate of drug-likeness (QED) is 0.913. The number of aryl methyl sites for hydroxylation is 2. The van der Waals surface area contributed by atoms with Crippen molar-refractivity contribution in [3.63, 3.8) is 0 Å². The fourth-order valence-electron chi connectivity index (χ4n) is 1.84. The van der Waals surface area contributed by atoms with E-state index < -0.39 is 6.10 Å². The lowest BCUT2D eigenvalue weighted by Crippen LogP contribution is -2.06. The molecule has 1 atom stereocenters. The maximum Gasteiger partial charge on any atom is 0.0854 e. The number of hydrogen-bond donors (Lipinski definition) is 1. The second-order valence-corrected chi connectivity index (χ2v) is 6.76. The largest absolute Gasteiger partial charge is 0.388 e. The van der Waals surface area contributed by atoms with Gasteiger partial charge in [-0.2, -0.15) is 5.10 Å². The lowest BCUT2D eigenvalue weighted by atomic mass is 10.1. The van der Waals surface area contributed by atoms with Gasteiger partial charge in [0.25, 0.3) is 0 Å². The molecule has 2 rings (SSSR count). The average Bonchev–Trinajstić information content (AvgIpc) is 2.87. The minimum Gasteiger partial charge on any atom is -0.388 e. The van der Waals surface area contributed by atoms with Gasteiger partial charge in [-0.3, -0.25) is 4.68 Å². The average molecular weight is 350 g/mol. The summed E-state index contributed by atoms with van der Waals surface area (Å²) >= 11 is 11.2. The van der Waals surface area contributed by atoms with Crippen LogP contribution in [0.2, 0.25) is 5.02 Å². The molecule has 98 valence electrons.